The summed E-state index contributed by atoms with van der Waals surface area (Å²) in [4.78, 5) is 14.0. The van der Waals surface area contributed by atoms with E-state index >= 15 is 0 Å². The van der Waals surface area contributed by atoms with E-state index in [4.69, 9.17) is 9.47 Å². The van der Waals surface area contributed by atoms with E-state index in [1.807, 2.05) is 59.5 Å². The summed E-state index contributed by atoms with van der Waals surface area (Å²) in [5, 5.41) is 0. The van der Waals surface area contributed by atoms with E-state index in [0.29, 0.717) is 26.1 Å². The van der Waals surface area contributed by atoms with Crippen molar-refractivity contribution in [1.82, 2.24) is 4.90 Å². The molecule has 0 spiro atoms. The number of carbonyl (C=O) groups excluding carboxylic acids is 1. The number of hydrogen-bond acceptors (Lipinski definition) is 3. The zero-order valence-electron chi connectivity index (χ0n) is 13.3. The molecule has 0 aliphatic carbocycles. The molecule has 0 unspecified atom stereocenters. The maximum Gasteiger partial charge on any atom is 0.225 e. The van der Waals surface area contributed by atoms with Crippen molar-refractivity contribution >= 4 is 5.91 Å². The predicted octanol–water partition coefficient (Wildman–Crippen LogP) is 3.01. The first-order valence-corrected chi connectivity index (χ1v) is 7.81. The van der Waals surface area contributed by atoms with E-state index in [1.165, 1.54) is 0 Å². The first kappa shape index (κ1) is 15.6. The zero-order valence-corrected chi connectivity index (χ0v) is 13.3. The fourth-order valence-corrected chi connectivity index (χ4v) is 2.74. The van der Waals surface area contributed by atoms with Crippen molar-refractivity contribution in [2.75, 3.05) is 13.7 Å². The molecule has 1 saturated heterocycles. The second-order valence-electron chi connectivity index (χ2n) is 5.75. The first-order valence-electron chi connectivity index (χ1n) is 7.81. The molecule has 1 fully saturated rings. The van der Waals surface area contributed by atoms with Crippen LogP contribution in [0.4, 0.5) is 0 Å². The Bertz CT molecular complexity index is 639. The van der Waals surface area contributed by atoms with Gasteiger partial charge in [0.25, 0.3) is 0 Å². The topological polar surface area (TPSA) is 38.8 Å². The molecule has 0 aromatic heterocycles. The number of likely N-dealkylation sites (tertiary alicyclic amines) is 1. The number of rotatable bonds is 6. The van der Waals surface area contributed by atoms with Crippen molar-refractivity contribution in [1.29, 1.82) is 0 Å². The van der Waals surface area contributed by atoms with Crippen LogP contribution in [0.2, 0.25) is 0 Å². The average Bonchev–Trinajstić information content (AvgIpc) is 2.94. The van der Waals surface area contributed by atoms with Gasteiger partial charge in [-0.3, -0.25) is 4.79 Å². The molecule has 3 rings (SSSR count). The summed E-state index contributed by atoms with van der Waals surface area (Å²) in [5.74, 6) is 0.976. The van der Waals surface area contributed by atoms with Crippen LogP contribution in [-0.2, 0) is 22.7 Å². The quantitative estimate of drug-likeness (QED) is 0.823. The molecular formula is C19H21NO3. The summed E-state index contributed by atoms with van der Waals surface area (Å²) in [7, 11) is 1.65. The average molecular weight is 311 g/mol. The number of benzene rings is 2. The second-order valence-corrected chi connectivity index (χ2v) is 5.75. The molecule has 120 valence electrons. The van der Waals surface area contributed by atoms with E-state index in [1.54, 1.807) is 7.11 Å². The molecule has 1 atom stereocenters. The standard InChI is InChI=1S/C19H21NO3/c1-22-17-9-7-15(8-10-17)12-20-13-18(11-19(20)21)23-14-16-5-3-2-4-6-16/h2-10,18H,11-14H2,1H3/t18-/m1/s1. The summed E-state index contributed by atoms with van der Waals surface area (Å²) in [6.45, 7) is 1.82. The van der Waals surface area contributed by atoms with Crippen LogP contribution >= 0.6 is 0 Å². The summed E-state index contributed by atoms with van der Waals surface area (Å²) in [6, 6.07) is 17.9. The Morgan fingerprint density at radius 1 is 1.04 bits per heavy atom. The molecule has 4 nitrogen and oxygen atoms in total. The van der Waals surface area contributed by atoms with Crippen LogP contribution in [-0.4, -0.2) is 30.6 Å². The molecule has 2 aromatic carbocycles. The van der Waals surface area contributed by atoms with E-state index < -0.39 is 0 Å². The van der Waals surface area contributed by atoms with E-state index in [2.05, 4.69) is 0 Å². The van der Waals surface area contributed by atoms with Gasteiger partial charge in [-0.15, -0.1) is 0 Å². The summed E-state index contributed by atoms with van der Waals surface area (Å²) in [5.41, 5.74) is 2.23. The van der Waals surface area contributed by atoms with Crippen molar-refractivity contribution in [3.63, 3.8) is 0 Å². The maximum atomic E-state index is 12.1. The van der Waals surface area contributed by atoms with Gasteiger partial charge in [-0.1, -0.05) is 42.5 Å². The van der Waals surface area contributed by atoms with Gasteiger partial charge in [0.1, 0.15) is 5.75 Å². The summed E-state index contributed by atoms with van der Waals surface area (Å²) < 4.78 is 11.0. The molecular weight excluding hydrogens is 290 g/mol. The van der Waals surface area contributed by atoms with Crippen LogP contribution in [0.5, 0.6) is 5.75 Å². The van der Waals surface area contributed by atoms with Crippen LogP contribution < -0.4 is 4.74 Å². The molecule has 23 heavy (non-hydrogen) atoms. The molecule has 0 radical (unpaired) electrons. The van der Waals surface area contributed by atoms with Crippen molar-refractivity contribution in [3.05, 3.63) is 65.7 Å². The van der Waals surface area contributed by atoms with E-state index in [-0.39, 0.29) is 12.0 Å². The van der Waals surface area contributed by atoms with Crippen LogP contribution in [0.1, 0.15) is 17.5 Å². The highest BCUT2D eigenvalue weighted by Gasteiger charge is 2.30. The van der Waals surface area contributed by atoms with Crippen LogP contribution in [0.3, 0.4) is 0 Å². The van der Waals surface area contributed by atoms with Gasteiger partial charge in [-0.05, 0) is 23.3 Å². The lowest BCUT2D eigenvalue weighted by molar-refractivity contribution is -0.128. The van der Waals surface area contributed by atoms with Crippen LogP contribution in [0.15, 0.2) is 54.6 Å². The summed E-state index contributed by atoms with van der Waals surface area (Å²) >= 11 is 0. The third-order valence-electron chi connectivity index (χ3n) is 4.04. The molecule has 4 heteroatoms. The third-order valence-corrected chi connectivity index (χ3v) is 4.04. The Morgan fingerprint density at radius 3 is 2.48 bits per heavy atom. The number of methoxy groups -OCH3 is 1. The highest BCUT2D eigenvalue weighted by molar-refractivity contribution is 5.79. The number of hydrogen-bond donors (Lipinski definition) is 0. The Kier molecular flexibility index (Phi) is 4.93. The third kappa shape index (κ3) is 4.11. The monoisotopic (exact) mass is 311 g/mol. The van der Waals surface area contributed by atoms with Crippen molar-refractivity contribution in [2.45, 2.75) is 25.7 Å². The van der Waals surface area contributed by atoms with Gasteiger partial charge in [-0.25, -0.2) is 0 Å². The first-order chi connectivity index (χ1) is 11.2. The van der Waals surface area contributed by atoms with Crippen LogP contribution in [0, 0.1) is 0 Å². The van der Waals surface area contributed by atoms with Crippen molar-refractivity contribution in [3.8, 4) is 5.75 Å². The Balaban J connectivity index is 1.52. The van der Waals surface area contributed by atoms with Gasteiger partial charge in [-0.2, -0.15) is 0 Å². The molecule has 1 heterocycles. The fraction of sp³-hybridized carbons (Fsp3) is 0.316. The van der Waals surface area contributed by atoms with E-state index in [0.717, 1.165) is 16.9 Å². The number of carbonyl (C=O) groups is 1. The van der Waals surface area contributed by atoms with Gasteiger partial charge in [0.15, 0.2) is 0 Å². The van der Waals surface area contributed by atoms with Crippen LogP contribution in [0.25, 0.3) is 0 Å². The van der Waals surface area contributed by atoms with Gasteiger partial charge < -0.3 is 14.4 Å². The smallest absolute Gasteiger partial charge is 0.225 e. The molecule has 1 aliphatic rings. The van der Waals surface area contributed by atoms with Crippen molar-refractivity contribution < 1.29 is 14.3 Å². The molecule has 1 aliphatic heterocycles. The lowest BCUT2D eigenvalue weighted by Crippen LogP contribution is -2.25. The minimum Gasteiger partial charge on any atom is -0.497 e. The Labute approximate surface area is 136 Å². The predicted molar refractivity (Wildman–Crippen MR) is 88.0 cm³/mol. The fourth-order valence-electron chi connectivity index (χ4n) is 2.74. The van der Waals surface area contributed by atoms with Crippen molar-refractivity contribution in [2.24, 2.45) is 0 Å². The minimum absolute atomic E-state index is 0.0269. The van der Waals surface area contributed by atoms with Gasteiger partial charge >= 0.3 is 0 Å². The molecule has 2 aromatic rings. The minimum atomic E-state index is -0.0269. The number of amides is 1. The lowest BCUT2D eigenvalue weighted by Gasteiger charge is -2.17. The Hall–Kier alpha value is -2.33. The normalized spacial score (nSPS) is 17.5. The molecule has 0 saturated carbocycles. The van der Waals surface area contributed by atoms with E-state index in [9.17, 15) is 4.79 Å². The maximum absolute atomic E-state index is 12.1. The second kappa shape index (κ2) is 7.29. The largest absolute Gasteiger partial charge is 0.497 e. The van der Waals surface area contributed by atoms with Gasteiger partial charge in [0.05, 0.1) is 26.2 Å². The lowest BCUT2D eigenvalue weighted by atomic mass is 10.2. The summed E-state index contributed by atoms with van der Waals surface area (Å²) in [6.07, 6.45) is 0.434. The molecule has 0 bridgehead atoms. The highest BCUT2D eigenvalue weighted by atomic mass is 16.5. The number of nitrogens with zero attached hydrogens (tertiary/aromatic N) is 1. The zero-order chi connectivity index (χ0) is 16.1. The van der Waals surface area contributed by atoms with Gasteiger partial charge in [0, 0.05) is 13.1 Å². The molecule has 1 amide bonds. The Morgan fingerprint density at radius 2 is 1.78 bits per heavy atom. The van der Waals surface area contributed by atoms with Gasteiger partial charge in [0.2, 0.25) is 5.91 Å². The number of ether oxygens (including phenoxy) is 2. The molecule has 0 N–H and O–H groups in total. The SMILES string of the molecule is COc1ccc(CN2C[C@H](OCc3ccccc3)CC2=O)cc1. The highest BCUT2D eigenvalue weighted by Crippen LogP contribution is 2.20.